The van der Waals surface area contributed by atoms with Crippen LogP contribution in [0, 0.1) is 5.92 Å². The van der Waals surface area contributed by atoms with Crippen molar-refractivity contribution in [1.82, 2.24) is 5.32 Å². The van der Waals surface area contributed by atoms with Gasteiger partial charge in [-0.05, 0) is 30.4 Å². The van der Waals surface area contributed by atoms with E-state index in [0.29, 0.717) is 18.9 Å². The number of hydrogen-bond acceptors (Lipinski definition) is 2. The maximum atomic E-state index is 11.8. The molecule has 0 aromatic heterocycles. The average molecular weight is 348 g/mol. The molecular formula is C14H20BrClN2O. The molecule has 1 saturated carbocycles. The molecule has 2 atom stereocenters. The quantitative estimate of drug-likeness (QED) is 0.879. The molecule has 0 spiro atoms. The zero-order chi connectivity index (χ0) is 13.0. The highest BCUT2D eigenvalue weighted by Crippen LogP contribution is 2.26. The topological polar surface area (TPSA) is 55.1 Å². The molecule has 3 N–H and O–H groups in total. The SMILES string of the molecule is Cl.N[C@@H]1CCC[C@H]1CC(=O)NCc1ccccc1Br. The first-order valence-electron chi connectivity index (χ1n) is 6.42. The van der Waals surface area contributed by atoms with Crippen LogP contribution in [-0.2, 0) is 11.3 Å². The molecule has 0 bridgehead atoms. The predicted molar refractivity (Wildman–Crippen MR) is 83.2 cm³/mol. The highest BCUT2D eigenvalue weighted by atomic mass is 79.9. The minimum absolute atomic E-state index is 0. The van der Waals surface area contributed by atoms with E-state index in [1.54, 1.807) is 0 Å². The van der Waals surface area contributed by atoms with Gasteiger partial charge in [0, 0.05) is 23.5 Å². The molecule has 1 aliphatic carbocycles. The van der Waals surface area contributed by atoms with Gasteiger partial charge in [0.25, 0.3) is 0 Å². The largest absolute Gasteiger partial charge is 0.352 e. The van der Waals surface area contributed by atoms with Crippen LogP contribution in [0.4, 0.5) is 0 Å². The average Bonchev–Trinajstić information content (AvgIpc) is 2.74. The second-order valence-corrected chi connectivity index (χ2v) is 5.78. The van der Waals surface area contributed by atoms with Crippen molar-refractivity contribution >= 4 is 34.2 Å². The third-order valence-corrected chi connectivity index (χ3v) is 4.37. The van der Waals surface area contributed by atoms with Gasteiger partial charge in [0.15, 0.2) is 0 Å². The van der Waals surface area contributed by atoms with Crippen molar-refractivity contribution in [2.45, 2.75) is 38.3 Å². The molecule has 106 valence electrons. The van der Waals surface area contributed by atoms with E-state index in [-0.39, 0.29) is 24.4 Å². The van der Waals surface area contributed by atoms with Gasteiger partial charge in [-0.2, -0.15) is 0 Å². The molecule has 1 aromatic rings. The Labute approximate surface area is 128 Å². The molecule has 1 aromatic carbocycles. The number of benzene rings is 1. The van der Waals surface area contributed by atoms with Crippen LogP contribution in [0.2, 0.25) is 0 Å². The van der Waals surface area contributed by atoms with Crippen molar-refractivity contribution in [2.75, 3.05) is 0 Å². The van der Waals surface area contributed by atoms with Crippen LogP contribution in [0.5, 0.6) is 0 Å². The lowest BCUT2D eigenvalue weighted by Gasteiger charge is -2.15. The molecule has 2 rings (SSSR count). The van der Waals surface area contributed by atoms with Crippen molar-refractivity contribution in [3.63, 3.8) is 0 Å². The first-order valence-corrected chi connectivity index (χ1v) is 7.22. The first-order chi connectivity index (χ1) is 8.66. The summed E-state index contributed by atoms with van der Waals surface area (Å²) in [5.74, 6) is 0.470. The molecule has 1 fully saturated rings. The Morgan fingerprint density at radius 2 is 2.11 bits per heavy atom. The fourth-order valence-electron chi connectivity index (χ4n) is 2.46. The van der Waals surface area contributed by atoms with E-state index in [0.717, 1.165) is 29.3 Å². The Balaban J connectivity index is 0.00000180. The normalized spacial score (nSPS) is 21.8. The molecule has 0 heterocycles. The zero-order valence-corrected chi connectivity index (χ0v) is 13.2. The standard InChI is InChI=1S/C14H19BrN2O.ClH/c15-12-6-2-1-4-11(12)9-17-14(18)8-10-5-3-7-13(10)16;/h1-2,4,6,10,13H,3,5,7-9,16H2,(H,17,18);1H/t10-,13+;/m0./s1. The van der Waals surface area contributed by atoms with Crippen molar-refractivity contribution in [2.24, 2.45) is 11.7 Å². The fourth-order valence-corrected chi connectivity index (χ4v) is 2.89. The number of rotatable bonds is 4. The van der Waals surface area contributed by atoms with Crippen LogP contribution < -0.4 is 11.1 Å². The molecule has 0 aliphatic heterocycles. The molecule has 19 heavy (non-hydrogen) atoms. The van der Waals surface area contributed by atoms with Crippen LogP contribution in [0.3, 0.4) is 0 Å². The molecule has 3 nitrogen and oxygen atoms in total. The number of nitrogens with one attached hydrogen (secondary N) is 1. The van der Waals surface area contributed by atoms with Gasteiger partial charge in [-0.1, -0.05) is 40.5 Å². The van der Waals surface area contributed by atoms with Gasteiger partial charge >= 0.3 is 0 Å². The summed E-state index contributed by atoms with van der Waals surface area (Å²) in [5.41, 5.74) is 7.07. The van der Waals surface area contributed by atoms with E-state index in [1.165, 1.54) is 0 Å². The van der Waals surface area contributed by atoms with E-state index in [4.69, 9.17) is 5.73 Å². The van der Waals surface area contributed by atoms with Gasteiger partial charge in [0.05, 0.1) is 0 Å². The van der Waals surface area contributed by atoms with Gasteiger partial charge in [0.2, 0.25) is 5.91 Å². The summed E-state index contributed by atoms with van der Waals surface area (Å²) in [5, 5.41) is 2.96. The predicted octanol–water partition coefficient (Wildman–Crippen LogP) is 3.00. The van der Waals surface area contributed by atoms with Crippen LogP contribution in [0.25, 0.3) is 0 Å². The zero-order valence-electron chi connectivity index (χ0n) is 10.8. The van der Waals surface area contributed by atoms with E-state index in [2.05, 4.69) is 21.2 Å². The number of nitrogens with two attached hydrogens (primary N) is 1. The third-order valence-electron chi connectivity index (χ3n) is 3.60. The summed E-state index contributed by atoms with van der Waals surface area (Å²) in [4.78, 5) is 11.8. The monoisotopic (exact) mass is 346 g/mol. The Morgan fingerprint density at radius 3 is 2.74 bits per heavy atom. The Kier molecular flexibility index (Phi) is 6.83. The summed E-state index contributed by atoms with van der Waals surface area (Å²) in [7, 11) is 0. The summed E-state index contributed by atoms with van der Waals surface area (Å²) >= 11 is 3.47. The molecule has 1 amide bonds. The lowest BCUT2D eigenvalue weighted by Crippen LogP contribution is -2.31. The minimum atomic E-state index is 0. The van der Waals surface area contributed by atoms with Gasteiger partial charge in [-0.3, -0.25) is 4.79 Å². The maximum absolute atomic E-state index is 11.8. The molecule has 0 unspecified atom stereocenters. The highest BCUT2D eigenvalue weighted by molar-refractivity contribution is 9.10. The lowest BCUT2D eigenvalue weighted by atomic mass is 10.00. The van der Waals surface area contributed by atoms with Crippen molar-refractivity contribution in [3.05, 3.63) is 34.3 Å². The Morgan fingerprint density at radius 1 is 1.37 bits per heavy atom. The number of amides is 1. The van der Waals surface area contributed by atoms with Gasteiger partial charge in [0.1, 0.15) is 0 Å². The fraction of sp³-hybridized carbons (Fsp3) is 0.500. The minimum Gasteiger partial charge on any atom is -0.352 e. The van der Waals surface area contributed by atoms with Gasteiger partial charge < -0.3 is 11.1 Å². The lowest BCUT2D eigenvalue weighted by molar-refractivity contribution is -0.122. The molecule has 1 aliphatic rings. The maximum Gasteiger partial charge on any atom is 0.220 e. The van der Waals surface area contributed by atoms with Crippen LogP contribution in [0.1, 0.15) is 31.2 Å². The van der Waals surface area contributed by atoms with Crippen molar-refractivity contribution in [1.29, 1.82) is 0 Å². The van der Waals surface area contributed by atoms with Crippen molar-refractivity contribution < 1.29 is 4.79 Å². The first kappa shape index (κ1) is 16.5. The van der Waals surface area contributed by atoms with Gasteiger partial charge in [-0.15, -0.1) is 12.4 Å². The molecule has 0 radical (unpaired) electrons. The summed E-state index contributed by atoms with van der Waals surface area (Å²) in [6.07, 6.45) is 3.86. The molecule has 0 saturated heterocycles. The number of halogens is 2. The van der Waals surface area contributed by atoms with E-state index < -0.39 is 0 Å². The molecule has 5 heteroatoms. The highest BCUT2D eigenvalue weighted by Gasteiger charge is 2.25. The molecular weight excluding hydrogens is 328 g/mol. The third kappa shape index (κ3) is 4.79. The number of hydrogen-bond donors (Lipinski definition) is 2. The van der Waals surface area contributed by atoms with Crippen LogP contribution in [-0.4, -0.2) is 11.9 Å². The number of carbonyl (C=O) groups is 1. The smallest absolute Gasteiger partial charge is 0.220 e. The number of carbonyl (C=O) groups excluding carboxylic acids is 1. The summed E-state index contributed by atoms with van der Waals surface area (Å²) in [6, 6.07) is 8.13. The Hall–Kier alpha value is -0.580. The van der Waals surface area contributed by atoms with Crippen LogP contribution >= 0.6 is 28.3 Å². The Bertz CT molecular complexity index is 428. The second-order valence-electron chi connectivity index (χ2n) is 4.93. The summed E-state index contributed by atoms with van der Waals surface area (Å²) in [6.45, 7) is 0.572. The van der Waals surface area contributed by atoms with E-state index >= 15 is 0 Å². The van der Waals surface area contributed by atoms with E-state index in [1.807, 2.05) is 24.3 Å². The van der Waals surface area contributed by atoms with Crippen molar-refractivity contribution in [3.8, 4) is 0 Å². The second kappa shape index (κ2) is 7.88. The summed E-state index contributed by atoms with van der Waals surface area (Å²) < 4.78 is 1.03. The van der Waals surface area contributed by atoms with Crippen LogP contribution in [0.15, 0.2) is 28.7 Å². The van der Waals surface area contributed by atoms with Gasteiger partial charge in [-0.25, -0.2) is 0 Å². The van der Waals surface area contributed by atoms with E-state index in [9.17, 15) is 4.79 Å².